The van der Waals surface area contributed by atoms with Crippen molar-refractivity contribution in [1.29, 1.82) is 0 Å². The second-order valence-corrected chi connectivity index (χ2v) is 5.56. The molecule has 0 radical (unpaired) electrons. The molecule has 0 fully saturated rings. The van der Waals surface area contributed by atoms with Crippen LogP contribution in [0.25, 0.3) is 21.8 Å². The Kier molecular flexibility index (Phi) is 6.17. The van der Waals surface area contributed by atoms with Crippen molar-refractivity contribution in [2.45, 2.75) is 13.8 Å². The monoisotopic (exact) mass is 340 g/mol. The Morgan fingerprint density at radius 3 is 1.40 bits per heavy atom. The average molecular weight is 341 g/mol. The molecule has 0 unspecified atom stereocenters. The molecule has 0 amide bonds. The number of para-hydroxylation sites is 2. The van der Waals surface area contributed by atoms with Gasteiger partial charge in [0.15, 0.2) is 0 Å². The van der Waals surface area contributed by atoms with Gasteiger partial charge in [-0.25, -0.2) is 0 Å². The van der Waals surface area contributed by atoms with Gasteiger partial charge in [-0.15, -0.1) is 0 Å². The maximum atomic E-state index is 11.3. The topological polar surface area (TPSA) is 71.9 Å². The van der Waals surface area contributed by atoms with Gasteiger partial charge in [0.05, 0.1) is 11.0 Å². The van der Waals surface area contributed by atoms with Gasteiger partial charge in [-0.1, -0.05) is 60.0 Å². The van der Waals surface area contributed by atoms with E-state index < -0.39 is 0 Å². The molecule has 120 valence electrons. The molecule has 2 aromatic carbocycles. The van der Waals surface area contributed by atoms with E-state index in [1.807, 2.05) is 50.2 Å². The van der Waals surface area contributed by atoms with E-state index in [-0.39, 0.29) is 34.6 Å². The summed E-state index contributed by atoms with van der Waals surface area (Å²) in [5, 5.41) is 24.4. The molecule has 0 saturated carbocycles. The van der Waals surface area contributed by atoms with Crippen LogP contribution in [0.1, 0.15) is 11.4 Å². The van der Waals surface area contributed by atoms with E-state index in [4.69, 9.17) is 0 Å². The van der Waals surface area contributed by atoms with E-state index in [0.717, 1.165) is 22.2 Å². The molecule has 4 nitrogen and oxygen atoms in total. The summed E-state index contributed by atoms with van der Waals surface area (Å²) in [5.41, 5.74) is 2.90. The number of hydrogen-bond donors (Lipinski definition) is 0. The van der Waals surface area contributed by atoms with E-state index in [9.17, 15) is 10.2 Å². The first kappa shape index (κ1) is 19.0. The largest absolute Gasteiger partial charge is 2.00 e. The molecule has 4 aromatic rings. The molecule has 0 atom stereocenters. The summed E-state index contributed by atoms with van der Waals surface area (Å²) in [5.74, 6) is -0.00704. The number of nitrogens with zero attached hydrogens (tertiary/aromatic N) is 2. The molecule has 2 aromatic heterocycles. The first-order chi connectivity index (χ1) is 11.5. The fourth-order valence-corrected chi connectivity index (χ4v) is 2.43. The van der Waals surface area contributed by atoms with Crippen LogP contribution in [0.5, 0.6) is 11.5 Å². The van der Waals surface area contributed by atoms with Gasteiger partial charge in [0.1, 0.15) is 0 Å². The maximum Gasteiger partial charge on any atom is 2.00 e. The molecule has 4 rings (SSSR count). The van der Waals surface area contributed by atoms with Crippen LogP contribution in [0, 0.1) is 13.8 Å². The van der Waals surface area contributed by atoms with Crippen LogP contribution in [0.15, 0.2) is 60.7 Å². The number of hydrogen-bond acceptors (Lipinski definition) is 4. The third-order valence-corrected chi connectivity index (χ3v) is 3.64. The molecular formula is C20H16MgN2O2. The molecule has 5 heteroatoms. The smallest absolute Gasteiger partial charge is 0.871 e. The molecule has 0 aliphatic rings. The van der Waals surface area contributed by atoms with Gasteiger partial charge in [-0.05, 0) is 36.8 Å². The van der Waals surface area contributed by atoms with Crippen molar-refractivity contribution in [1.82, 2.24) is 9.97 Å². The molecular weight excluding hydrogens is 325 g/mol. The van der Waals surface area contributed by atoms with Crippen LogP contribution in [0.4, 0.5) is 0 Å². The summed E-state index contributed by atoms with van der Waals surface area (Å²) in [6.07, 6.45) is 0. The van der Waals surface area contributed by atoms with E-state index in [2.05, 4.69) is 9.97 Å². The normalized spacial score (nSPS) is 10.0. The molecule has 0 spiro atoms. The van der Waals surface area contributed by atoms with Gasteiger partial charge in [0.2, 0.25) is 0 Å². The molecule has 2 heterocycles. The summed E-state index contributed by atoms with van der Waals surface area (Å²) in [6.45, 7) is 3.76. The quantitative estimate of drug-likeness (QED) is 0.461. The van der Waals surface area contributed by atoms with Crippen LogP contribution in [-0.2, 0) is 0 Å². The predicted octanol–water partition coefficient (Wildman–Crippen LogP) is 2.85. The Balaban J connectivity index is 0.000000173. The van der Waals surface area contributed by atoms with Crippen LogP contribution in [0.3, 0.4) is 0 Å². The first-order valence-corrected chi connectivity index (χ1v) is 7.61. The van der Waals surface area contributed by atoms with Gasteiger partial charge in [0.25, 0.3) is 0 Å². The van der Waals surface area contributed by atoms with Crippen molar-refractivity contribution >= 4 is 44.9 Å². The van der Waals surface area contributed by atoms with Gasteiger partial charge in [-0.3, -0.25) is 9.97 Å². The van der Waals surface area contributed by atoms with E-state index in [0.29, 0.717) is 11.0 Å². The Bertz CT molecular complexity index is 936. The number of fused-ring (bicyclic) bond motifs is 2. The summed E-state index contributed by atoms with van der Waals surface area (Å²) in [7, 11) is 0. The van der Waals surface area contributed by atoms with Gasteiger partial charge in [-0.2, -0.15) is 0 Å². The predicted molar refractivity (Wildman–Crippen MR) is 97.6 cm³/mol. The third kappa shape index (κ3) is 4.38. The summed E-state index contributed by atoms with van der Waals surface area (Å²) >= 11 is 0. The first-order valence-electron chi connectivity index (χ1n) is 7.61. The van der Waals surface area contributed by atoms with Crippen molar-refractivity contribution in [3.8, 4) is 11.5 Å². The minimum Gasteiger partial charge on any atom is -0.871 e. The Morgan fingerprint density at radius 2 is 1.00 bits per heavy atom. The molecule has 25 heavy (non-hydrogen) atoms. The average Bonchev–Trinajstić information content (AvgIpc) is 2.57. The number of aromatic nitrogens is 2. The zero-order valence-electron chi connectivity index (χ0n) is 14.2. The molecule has 0 saturated heterocycles. The van der Waals surface area contributed by atoms with Crippen molar-refractivity contribution in [3.05, 3.63) is 72.1 Å². The van der Waals surface area contributed by atoms with Crippen molar-refractivity contribution in [2.75, 3.05) is 0 Å². The number of pyridine rings is 2. The summed E-state index contributed by atoms with van der Waals surface area (Å²) in [6, 6.07) is 18.0. The van der Waals surface area contributed by atoms with Crippen LogP contribution in [-0.4, -0.2) is 33.0 Å². The number of aryl methyl sites for hydroxylation is 2. The van der Waals surface area contributed by atoms with Crippen molar-refractivity contribution < 1.29 is 10.2 Å². The standard InChI is InChI=1S/2C10H9NO.Mg/c2*1-7-5-6-8-3-2-4-9(12)10(8)11-7;/h2*2-6,12H,1H3;/q;;+2/p-2. The Labute approximate surface area is 162 Å². The van der Waals surface area contributed by atoms with E-state index in [1.54, 1.807) is 12.1 Å². The van der Waals surface area contributed by atoms with Gasteiger partial charge < -0.3 is 10.2 Å². The Hall–Kier alpha value is -2.37. The fourth-order valence-electron chi connectivity index (χ4n) is 2.43. The summed E-state index contributed by atoms with van der Waals surface area (Å²) in [4.78, 5) is 8.33. The SMILES string of the molecule is Cc1ccc2cccc([O-])c2n1.Cc1ccc2cccc([O-])c2n1.[Mg+2]. The summed E-state index contributed by atoms with van der Waals surface area (Å²) < 4.78 is 0. The zero-order valence-corrected chi connectivity index (χ0v) is 15.6. The van der Waals surface area contributed by atoms with Crippen molar-refractivity contribution in [3.63, 3.8) is 0 Å². The van der Waals surface area contributed by atoms with E-state index in [1.165, 1.54) is 12.1 Å². The third-order valence-electron chi connectivity index (χ3n) is 3.64. The number of benzene rings is 2. The molecule has 0 N–H and O–H groups in total. The van der Waals surface area contributed by atoms with Crippen molar-refractivity contribution in [2.24, 2.45) is 0 Å². The molecule has 0 bridgehead atoms. The Morgan fingerprint density at radius 1 is 0.600 bits per heavy atom. The van der Waals surface area contributed by atoms with Gasteiger partial charge >= 0.3 is 23.1 Å². The second-order valence-electron chi connectivity index (χ2n) is 5.56. The molecule has 0 aliphatic heterocycles. The van der Waals surface area contributed by atoms with Crippen LogP contribution in [0.2, 0.25) is 0 Å². The zero-order chi connectivity index (χ0) is 17.1. The van der Waals surface area contributed by atoms with E-state index >= 15 is 0 Å². The maximum absolute atomic E-state index is 11.3. The molecule has 0 aliphatic carbocycles. The fraction of sp³-hybridized carbons (Fsp3) is 0.100. The minimum atomic E-state index is -0.00352. The second kappa shape index (κ2) is 8.14. The van der Waals surface area contributed by atoms with Crippen LogP contribution < -0.4 is 10.2 Å². The minimum absolute atomic E-state index is 0. The van der Waals surface area contributed by atoms with Gasteiger partial charge in [0, 0.05) is 11.4 Å². The van der Waals surface area contributed by atoms with Crippen LogP contribution >= 0.6 is 0 Å². The number of rotatable bonds is 0.